The molecule has 0 saturated carbocycles. The molecule has 1 aromatic rings. The monoisotopic (exact) mass is 317 g/mol. The molecule has 0 aliphatic heterocycles. The lowest BCUT2D eigenvalue weighted by Crippen LogP contribution is -2.48. The van der Waals surface area contributed by atoms with Crippen LogP contribution in [0, 0.1) is 0 Å². The first kappa shape index (κ1) is 15.8. The lowest BCUT2D eigenvalue weighted by Gasteiger charge is -2.21. The van der Waals surface area contributed by atoms with Crippen molar-refractivity contribution in [3.05, 3.63) is 46.5 Å². The molecule has 1 aromatic carbocycles. The maximum Gasteiger partial charge on any atom is 0.269 e. The van der Waals surface area contributed by atoms with Crippen molar-refractivity contribution < 1.29 is 4.79 Å². The Balaban J connectivity index is 2.65. The lowest BCUT2D eigenvalue weighted by atomic mass is 10.2. The minimum atomic E-state index is -0.330. The Kier molecular flexibility index (Phi) is 6.08. The molecule has 4 nitrogen and oxygen atoms in total. The molecule has 0 bridgehead atoms. The van der Waals surface area contributed by atoms with E-state index in [1.807, 2.05) is 0 Å². The van der Waals surface area contributed by atoms with Crippen molar-refractivity contribution in [1.29, 1.82) is 0 Å². The van der Waals surface area contributed by atoms with E-state index in [9.17, 15) is 4.79 Å². The predicted molar refractivity (Wildman–Crippen MR) is 82.5 cm³/mol. The van der Waals surface area contributed by atoms with Gasteiger partial charge in [0.25, 0.3) is 5.91 Å². The summed E-state index contributed by atoms with van der Waals surface area (Å²) in [6.07, 6.45) is 1.67. The third-order valence-electron chi connectivity index (χ3n) is 2.15. The summed E-state index contributed by atoms with van der Waals surface area (Å²) in [5.74, 6) is -0.330. The molecule has 0 saturated heterocycles. The summed E-state index contributed by atoms with van der Waals surface area (Å²) in [6.45, 7) is 4.08. The van der Waals surface area contributed by atoms with Crippen LogP contribution < -0.4 is 10.7 Å². The van der Waals surface area contributed by atoms with Gasteiger partial charge in [-0.15, -0.1) is 6.58 Å². The molecule has 1 amide bonds. The topological polar surface area (TPSA) is 44.4 Å². The summed E-state index contributed by atoms with van der Waals surface area (Å²) in [6, 6.07) is 4.64. The second-order valence-corrected chi connectivity index (χ2v) is 4.80. The van der Waals surface area contributed by atoms with E-state index in [1.54, 1.807) is 25.3 Å². The Hall–Kier alpha value is -1.30. The molecule has 102 valence electrons. The zero-order chi connectivity index (χ0) is 14.4. The lowest BCUT2D eigenvalue weighted by molar-refractivity contribution is 0.0886. The maximum atomic E-state index is 11.9. The number of amides is 1. The van der Waals surface area contributed by atoms with E-state index in [0.29, 0.717) is 27.3 Å². The number of hydrazine groups is 1. The van der Waals surface area contributed by atoms with Gasteiger partial charge in [0.2, 0.25) is 0 Å². The Morgan fingerprint density at radius 2 is 2.16 bits per heavy atom. The predicted octanol–water partition coefficient (Wildman–Crippen LogP) is 2.63. The molecule has 0 radical (unpaired) electrons. The summed E-state index contributed by atoms with van der Waals surface area (Å²) in [5.41, 5.74) is 3.00. The number of thiocarbonyl (C=S) groups is 1. The first-order chi connectivity index (χ1) is 8.95. The normalized spacial score (nSPS) is 9.63. The van der Waals surface area contributed by atoms with Crippen LogP contribution in [0.25, 0.3) is 0 Å². The second kappa shape index (κ2) is 7.33. The van der Waals surface area contributed by atoms with Crippen molar-refractivity contribution >= 4 is 46.4 Å². The van der Waals surface area contributed by atoms with Gasteiger partial charge in [0.05, 0.1) is 10.0 Å². The highest BCUT2D eigenvalue weighted by atomic mass is 35.5. The molecule has 0 aromatic heterocycles. The third-order valence-corrected chi connectivity index (χ3v) is 3.31. The first-order valence-electron chi connectivity index (χ1n) is 5.34. The van der Waals surface area contributed by atoms with Crippen molar-refractivity contribution in [3.63, 3.8) is 0 Å². The molecule has 0 fully saturated rings. The minimum Gasteiger partial charge on any atom is -0.358 e. The minimum absolute atomic E-state index is 0.323. The molecule has 0 heterocycles. The fraction of sp³-hybridized carbons (Fsp3) is 0.167. The van der Waals surface area contributed by atoms with Crippen LogP contribution in [0.2, 0.25) is 10.0 Å². The highest BCUT2D eigenvalue weighted by molar-refractivity contribution is 7.80. The standard InChI is InChI=1S/C12H13Cl2N3OS/c1-3-6-15-12(19)17(2)16-11(18)8-4-5-9(13)10(14)7-8/h3-5,7H,1,6H2,2H3,(H,15,19)(H,16,18). The molecule has 0 aliphatic rings. The van der Waals surface area contributed by atoms with Gasteiger partial charge >= 0.3 is 0 Å². The SMILES string of the molecule is C=CCNC(=S)N(C)NC(=O)c1ccc(Cl)c(Cl)c1. The number of nitrogens with one attached hydrogen (secondary N) is 2. The third kappa shape index (κ3) is 4.70. The van der Waals surface area contributed by atoms with Gasteiger partial charge in [-0.05, 0) is 30.4 Å². The van der Waals surface area contributed by atoms with E-state index in [4.69, 9.17) is 35.4 Å². The second-order valence-electron chi connectivity index (χ2n) is 3.60. The summed E-state index contributed by atoms with van der Waals surface area (Å²) in [7, 11) is 1.63. The molecule has 7 heteroatoms. The smallest absolute Gasteiger partial charge is 0.269 e. The van der Waals surface area contributed by atoms with Crippen molar-refractivity contribution in [2.24, 2.45) is 0 Å². The van der Waals surface area contributed by atoms with Crippen molar-refractivity contribution in [3.8, 4) is 0 Å². The van der Waals surface area contributed by atoms with Gasteiger partial charge in [-0.3, -0.25) is 15.2 Å². The molecular formula is C12H13Cl2N3OS. The van der Waals surface area contributed by atoms with Gasteiger partial charge < -0.3 is 5.32 Å². The molecule has 0 spiro atoms. The van der Waals surface area contributed by atoms with E-state index >= 15 is 0 Å². The highest BCUT2D eigenvalue weighted by Gasteiger charge is 2.11. The van der Waals surface area contributed by atoms with Crippen LogP contribution in [0.4, 0.5) is 0 Å². The fourth-order valence-electron chi connectivity index (χ4n) is 1.18. The average molecular weight is 318 g/mol. The molecule has 1 rings (SSSR count). The van der Waals surface area contributed by atoms with E-state index in [-0.39, 0.29) is 5.91 Å². The van der Waals surface area contributed by atoms with Crippen LogP contribution in [0.5, 0.6) is 0 Å². The van der Waals surface area contributed by atoms with Crippen LogP contribution >= 0.6 is 35.4 Å². The van der Waals surface area contributed by atoms with Crippen LogP contribution in [0.3, 0.4) is 0 Å². The van der Waals surface area contributed by atoms with Crippen LogP contribution in [-0.2, 0) is 0 Å². The largest absolute Gasteiger partial charge is 0.358 e. The Bertz CT molecular complexity index is 508. The maximum absolute atomic E-state index is 11.9. The Morgan fingerprint density at radius 1 is 1.47 bits per heavy atom. The number of carbonyl (C=O) groups is 1. The van der Waals surface area contributed by atoms with Crippen molar-refractivity contribution in [2.45, 2.75) is 0 Å². The van der Waals surface area contributed by atoms with Gasteiger partial charge in [0, 0.05) is 19.2 Å². The van der Waals surface area contributed by atoms with Gasteiger partial charge in [-0.25, -0.2) is 0 Å². The number of hydrogen-bond donors (Lipinski definition) is 2. The number of benzene rings is 1. The average Bonchev–Trinajstić information content (AvgIpc) is 2.38. The van der Waals surface area contributed by atoms with Crippen LogP contribution in [0.1, 0.15) is 10.4 Å². The highest BCUT2D eigenvalue weighted by Crippen LogP contribution is 2.22. The summed E-state index contributed by atoms with van der Waals surface area (Å²) in [4.78, 5) is 11.9. The molecule has 2 N–H and O–H groups in total. The number of hydrogen-bond acceptors (Lipinski definition) is 2. The van der Waals surface area contributed by atoms with Gasteiger partial charge in [-0.2, -0.15) is 0 Å². The van der Waals surface area contributed by atoms with Crippen molar-refractivity contribution in [2.75, 3.05) is 13.6 Å². The number of nitrogens with zero attached hydrogens (tertiary/aromatic N) is 1. The van der Waals surface area contributed by atoms with E-state index in [2.05, 4.69) is 17.3 Å². The van der Waals surface area contributed by atoms with Crippen LogP contribution in [-0.4, -0.2) is 29.6 Å². The molecular weight excluding hydrogens is 305 g/mol. The molecule has 0 unspecified atom stereocenters. The zero-order valence-corrected chi connectivity index (χ0v) is 12.6. The van der Waals surface area contributed by atoms with Gasteiger partial charge in [-0.1, -0.05) is 29.3 Å². The zero-order valence-electron chi connectivity index (χ0n) is 10.2. The van der Waals surface area contributed by atoms with Gasteiger partial charge in [0.1, 0.15) is 0 Å². The first-order valence-corrected chi connectivity index (χ1v) is 6.50. The van der Waals surface area contributed by atoms with Crippen molar-refractivity contribution in [1.82, 2.24) is 15.8 Å². The molecule has 0 atom stereocenters. The van der Waals surface area contributed by atoms with Crippen LogP contribution in [0.15, 0.2) is 30.9 Å². The summed E-state index contributed by atoms with van der Waals surface area (Å²) < 4.78 is 0. The van der Waals surface area contributed by atoms with E-state index in [0.717, 1.165) is 0 Å². The van der Waals surface area contributed by atoms with E-state index < -0.39 is 0 Å². The Morgan fingerprint density at radius 3 is 2.74 bits per heavy atom. The number of rotatable bonds is 3. The van der Waals surface area contributed by atoms with E-state index in [1.165, 1.54) is 11.1 Å². The summed E-state index contributed by atoms with van der Waals surface area (Å²) in [5, 5.41) is 5.40. The number of halogens is 2. The quantitative estimate of drug-likeness (QED) is 0.511. The molecule has 0 aliphatic carbocycles. The Labute approximate surface area is 127 Å². The number of carbonyl (C=O) groups excluding carboxylic acids is 1. The molecule has 19 heavy (non-hydrogen) atoms. The summed E-state index contributed by atoms with van der Waals surface area (Å²) >= 11 is 16.7. The fourth-order valence-corrected chi connectivity index (χ4v) is 1.61. The van der Waals surface area contributed by atoms with Gasteiger partial charge in [0.15, 0.2) is 5.11 Å².